The summed E-state index contributed by atoms with van der Waals surface area (Å²) in [6, 6.07) is 6.32. The van der Waals surface area contributed by atoms with E-state index < -0.39 is 35.1 Å². The summed E-state index contributed by atoms with van der Waals surface area (Å²) in [7, 11) is 0. The standard InChI is InChI=1S/C20H20F3N5O3/c1-2-10-24-17(29)15-8-9-16(26-25-15)27-11-5-12-28(19(27)31)18(30)13-6-3-4-7-14(13)20(21,22)23/h3-4,6-9H,2,5,10-12H2,1H3,(H,24,29). The van der Waals surface area contributed by atoms with Gasteiger partial charge < -0.3 is 5.32 Å². The van der Waals surface area contributed by atoms with Crippen LogP contribution in [-0.2, 0) is 6.18 Å². The van der Waals surface area contributed by atoms with Gasteiger partial charge in [-0.25, -0.2) is 4.79 Å². The van der Waals surface area contributed by atoms with Gasteiger partial charge in [-0.1, -0.05) is 19.1 Å². The van der Waals surface area contributed by atoms with Crippen molar-refractivity contribution >= 4 is 23.7 Å². The number of carbonyl (C=O) groups excluding carboxylic acids is 3. The number of halogens is 3. The van der Waals surface area contributed by atoms with Gasteiger partial charge in [-0.05, 0) is 37.1 Å². The number of imide groups is 1. The van der Waals surface area contributed by atoms with E-state index in [1.807, 2.05) is 6.92 Å². The normalized spacial score (nSPS) is 14.5. The van der Waals surface area contributed by atoms with Crippen LogP contribution in [0.25, 0.3) is 0 Å². The predicted octanol–water partition coefficient (Wildman–Crippen LogP) is 3.11. The van der Waals surface area contributed by atoms with E-state index in [4.69, 9.17) is 0 Å². The zero-order chi connectivity index (χ0) is 22.6. The van der Waals surface area contributed by atoms with Crippen LogP contribution in [0.3, 0.4) is 0 Å². The van der Waals surface area contributed by atoms with E-state index in [1.54, 1.807) is 0 Å². The summed E-state index contributed by atoms with van der Waals surface area (Å²) in [6.07, 6.45) is -3.64. The molecule has 1 aromatic heterocycles. The number of rotatable bonds is 5. The number of benzene rings is 1. The van der Waals surface area contributed by atoms with Crippen LogP contribution in [0.4, 0.5) is 23.8 Å². The van der Waals surface area contributed by atoms with Gasteiger partial charge in [0.15, 0.2) is 11.5 Å². The fourth-order valence-electron chi connectivity index (χ4n) is 3.11. The monoisotopic (exact) mass is 435 g/mol. The lowest BCUT2D eigenvalue weighted by Crippen LogP contribution is -2.52. The quantitative estimate of drug-likeness (QED) is 0.779. The molecule has 1 N–H and O–H groups in total. The van der Waals surface area contributed by atoms with Gasteiger partial charge in [-0.15, -0.1) is 10.2 Å². The van der Waals surface area contributed by atoms with Crippen LogP contribution in [0.5, 0.6) is 0 Å². The Balaban J connectivity index is 1.81. The van der Waals surface area contributed by atoms with Crippen molar-refractivity contribution in [1.29, 1.82) is 0 Å². The minimum atomic E-state index is -4.73. The molecular weight excluding hydrogens is 415 g/mol. The number of anilines is 1. The number of hydrogen-bond acceptors (Lipinski definition) is 5. The second-order valence-corrected chi connectivity index (χ2v) is 6.82. The smallest absolute Gasteiger partial charge is 0.351 e. The first-order chi connectivity index (χ1) is 14.7. The summed E-state index contributed by atoms with van der Waals surface area (Å²) in [6.45, 7) is 2.56. The highest BCUT2D eigenvalue weighted by Crippen LogP contribution is 2.33. The van der Waals surface area contributed by atoms with E-state index in [0.29, 0.717) is 13.0 Å². The number of alkyl halides is 3. The number of nitrogens with zero attached hydrogens (tertiary/aromatic N) is 4. The van der Waals surface area contributed by atoms with Crippen LogP contribution in [0.1, 0.15) is 46.2 Å². The van der Waals surface area contributed by atoms with Gasteiger partial charge in [0.1, 0.15) is 0 Å². The summed E-state index contributed by atoms with van der Waals surface area (Å²) in [4.78, 5) is 39.5. The largest absolute Gasteiger partial charge is 0.417 e. The van der Waals surface area contributed by atoms with Gasteiger partial charge in [-0.3, -0.25) is 19.4 Å². The SMILES string of the molecule is CCCNC(=O)c1ccc(N2CCCN(C(=O)c3ccccc3C(F)(F)F)C2=O)nn1. The Morgan fingerprint density at radius 1 is 1.10 bits per heavy atom. The van der Waals surface area contributed by atoms with Gasteiger partial charge in [0.05, 0.1) is 11.1 Å². The van der Waals surface area contributed by atoms with E-state index in [9.17, 15) is 27.6 Å². The minimum absolute atomic E-state index is 0.0225. The molecule has 1 aliphatic heterocycles. The molecule has 3 rings (SSSR count). The first-order valence-corrected chi connectivity index (χ1v) is 9.65. The Bertz CT molecular complexity index is 979. The molecule has 0 aliphatic carbocycles. The molecule has 0 radical (unpaired) electrons. The average molecular weight is 435 g/mol. The molecular formula is C20H20F3N5O3. The van der Waals surface area contributed by atoms with E-state index in [0.717, 1.165) is 28.4 Å². The molecule has 164 valence electrons. The topological polar surface area (TPSA) is 95.5 Å². The van der Waals surface area contributed by atoms with E-state index >= 15 is 0 Å². The number of carbonyl (C=O) groups is 3. The third kappa shape index (κ3) is 4.81. The summed E-state index contributed by atoms with van der Waals surface area (Å²) in [5.41, 5.74) is -1.64. The molecule has 2 heterocycles. The molecule has 1 saturated heterocycles. The highest BCUT2D eigenvalue weighted by Gasteiger charge is 2.39. The Labute approximate surface area is 176 Å². The van der Waals surface area contributed by atoms with Crippen molar-refractivity contribution in [2.75, 3.05) is 24.5 Å². The fourth-order valence-corrected chi connectivity index (χ4v) is 3.11. The van der Waals surface area contributed by atoms with E-state index in [2.05, 4.69) is 15.5 Å². The predicted molar refractivity (Wildman–Crippen MR) is 104 cm³/mol. The number of aromatic nitrogens is 2. The Morgan fingerprint density at radius 3 is 2.48 bits per heavy atom. The fraction of sp³-hybridized carbons (Fsp3) is 0.350. The van der Waals surface area contributed by atoms with Crippen molar-refractivity contribution in [3.8, 4) is 0 Å². The molecule has 4 amide bonds. The summed E-state index contributed by atoms with van der Waals surface area (Å²) >= 11 is 0. The summed E-state index contributed by atoms with van der Waals surface area (Å²) in [5, 5.41) is 10.3. The molecule has 0 unspecified atom stereocenters. The molecule has 2 aromatic rings. The molecule has 11 heteroatoms. The van der Waals surface area contributed by atoms with Crippen molar-refractivity contribution in [1.82, 2.24) is 20.4 Å². The van der Waals surface area contributed by atoms with E-state index in [-0.39, 0.29) is 24.6 Å². The van der Waals surface area contributed by atoms with Crippen LogP contribution < -0.4 is 10.2 Å². The highest BCUT2D eigenvalue weighted by molar-refractivity contribution is 6.09. The van der Waals surface area contributed by atoms with E-state index in [1.165, 1.54) is 24.3 Å². The molecule has 0 saturated carbocycles. The second kappa shape index (κ2) is 9.11. The Kier molecular flexibility index (Phi) is 6.52. The van der Waals surface area contributed by atoms with Gasteiger partial charge in [0.2, 0.25) is 0 Å². The van der Waals surface area contributed by atoms with Crippen molar-refractivity contribution in [2.24, 2.45) is 0 Å². The third-order valence-electron chi connectivity index (χ3n) is 4.63. The molecule has 1 aromatic carbocycles. The summed E-state index contributed by atoms with van der Waals surface area (Å²) < 4.78 is 39.8. The van der Waals surface area contributed by atoms with Gasteiger partial charge in [0.25, 0.3) is 11.8 Å². The maximum Gasteiger partial charge on any atom is 0.417 e. The lowest BCUT2D eigenvalue weighted by atomic mass is 10.1. The number of hydrogen-bond donors (Lipinski definition) is 1. The lowest BCUT2D eigenvalue weighted by Gasteiger charge is -2.33. The maximum absolute atomic E-state index is 13.3. The van der Waals surface area contributed by atoms with Crippen molar-refractivity contribution in [3.05, 3.63) is 53.2 Å². The number of nitrogens with one attached hydrogen (secondary N) is 1. The maximum atomic E-state index is 13.3. The number of urea groups is 1. The second-order valence-electron chi connectivity index (χ2n) is 6.82. The average Bonchev–Trinajstić information content (AvgIpc) is 2.76. The Morgan fingerprint density at radius 2 is 1.84 bits per heavy atom. The molecule has 0 bridgehead atoms. The number of amides is 4. The van der Waals surface area contributed by atoms with Crippen LogP contribution in [0, 0.1) is 0 Å². The van der Waals surface area contributed by atoms with Crippen LogP contribution >= 0.6 is 0 Å². The van der Waals surface area contributed by atoms with Crippen molar-refractivity contribution in [3.63, 3.8) is 0 Å². The lowest BCUT2D eigenvalue weighted by molar-refractivity contribution is -0.138. The zero-order valence-corrected chi connectivity index (χ0v) is 16.6. The summed E-state index contributed by atoms with van der Waals surface area (Å²) in [5.74, 6) is -1.35. The molecule has 1 fully saturated rings. The first-order valence-electron chi connectivity index (χ1n) is 9.65. The van der Waals surface area contributed by atoms with Crippen molar-refractivity contribution < 1.29 is 27.6 Å². The third-order valence-corrected chi connectivity index (χ3v) is 4.63. The van der Waals surface area contributed by atoms with Gasteiger partial charge in [-0.2, -0.15) is 13.2 Å². The van der Waals surface area contributed by atoms with Crippen LogP contribution in [0.15, 0.2) is 36.4 Å². The Hall–Kier alpha value is -3.50. The molecule has 0 spiro atoms. The van der Waals surface area contributed by atoms with Crippen LogP contribution in [0.2, 0.25) is 0 Å². The van der Waals surface area contributed by atoms with Gasteiger partial charge in [0, 0.05) is 19.6 Å². The molecule has 1 aliphatic rings. The molecule has 8 nitrogen and oxygen atoms in total. The van der Waals surface area contributed by atoms with Crippen molar-refractivity contribution in [2.45, 2.75) is 25.9 Å². The van der Waals surface area contributed by atoms with Gasteiger partial charge >= 0.3 is 12.2 Å². The molecule has 31 heavy (non-hydrogen) atoms. The minimum Gasteiger partial charge on any atom is -0.351 e. The van der Waals surface area contributed by atoms with Crippen LogP contribution in [-0.4, -0.2) is 52.6 Å². The molecule has 0 atom stereocenters. The first kappa shape index (κ1) is 22.2. The zero-order valence-electron chi connectivity index (χ0n) is 16.6. The highest BCUT2D eigenvalue weighted by atomic mass is 19.4.